The molecule has 0 radical (unpaired) electrons. The zero-order chi connectivity index (χ0) is 18.5. The van der Waals surface area contributed by atoms with Crippen LogP contribution in [0.25, 0.3) is 0 Å². The molecule has 2 aromatic carbocycles. The summed E-state index contributed by atoms with van der Waals surface area (Å²) in [6.07, 6.45) is 0. The number of carbonyl (C=O) groups is 2. The summed E-state index contributed by atoms with van der Waals surface area (Å²) in [5.41, 5.74) is 4.79. The molecule has 1 amide bonds. The molecule has 0 saturated carbocycles. The molecule has 7 nitrogen and oxygen atoms in total. The van der Waals surface area contributed by atoms with Crippen LogP contribution in [0.1, 0.15) is 24.0 Å². The van der Waals surface area contributed by atoms with E-state index in [4.69, 9.17) is 14.2 Å². The van der Waals surface area contributed by atoms with E-state index >= 15 is 0 Å². The van der Waals surface area contributed by atoms with Gasteiger partial charge in [-0.05, 0) is 29.3 Å². The number of amides is 1. The van der Waals surface area contributed by atoms with Gasteiger partial charge in [-0.1, -0.05) is 12.1 Å². The summed E-state index contributed by atoms with van der Waals surface area (Å²) in [6, 6.07) is 11.3. The molecule has 2 N–H and O–H groups in total. The highest BCUT2D eigenvalue weighted by Gasteiger charge is 2.39. The molecule has 2 aromatic rings. The third-order valence-electron chi connectivity index (χ3n) is 4.89. The lowest BCUT2D eigenvalue weighted by molar-refractivity contribution is -0.136. The molecule has 0 bridgehead atoms. The highest BCUT2D eigenvalue weighted by molar-refractivity contribution is 5.97. The van der Waals surface area contributed by atoms with Gasteiger partial charge in [-0.25, -0.2) is 4.79 Å². The second-order valence-corrected chi connectivity index (χ2v) is 6.62. The Hall–Kier alpha value is -3.48. The van der Waals surface area contributed by atoms with E-state index in [1.54, 1.807) is 0 Å². The zero-order valence-electron chi connectivity index (χ0n) is 14.5. The Morgan fingerprint density at radius 2 is 1.85 bits per heavy atom. The molecule has 27 heavy (non-hydrogen) atoms. The van der Waals surface area contributed by atoms with Gasteiger partial charge in [0.15, 0.2) is 11.5 Å². The van der Waals surface area contributed by atoms with Crippen LogP contribution in [0.15, 0.2) is 47.7 Å². The first-order valence-corrected chi connectivity index (χ1v) is 8.58. The zero-order valence-corrected chi connectivity index (χ0v) is 14.5. The topological polar surface area (TPSA) is 85.9 Å². The van der Waals surface area contributed by atoms with Crippen molar-refractivity contribution in [1.29, 1.82) is 0 Å². The largest absolute Gasteiger partial charge is 0.456 e. The Balaban J connectivity index is 1.63. The average molecular weight is 364 g/mol. The van der Waals surface area contributed by atoms with Gasteiger partial charge in [0.1, 0.15) is 6.61 Å². The van der Waals surface area contributed by atoms with Gasteiger partial charge in [0.25, 0.3) is 0 Å². The molecule has 0 saturated heterocycles. The quantitative estimate of drug-likeness (QED) is 0.797. The molecule has 0 spiro atoms. The molecule has 3 aliphatic rings. The molecule has 1 atom stereocenters. The molecule has 0 aliphatic carbocycles. The lowest BCUT2D eigenvalue weighted by Gasteiger charge is -2.27. The van der Waals surface area contributed by atoms with Gasteiger partial charge in [0.2, 0.25) is 12.7 Å². The maximum Gasteiger partial charge on any atom is 0.337 e. The molecule has 3 heterocycles. The number of fused-ring (bicyclic) bond motifs is 2. The summed E-state index contributed by atoms with van der Waals surface area (Å²) in [5.74, 6) is 0.594. The SMILES string of the molecule is CC(=O)Nc1ccc([C@H]2C3=C(COC3=O)Nc3cc4c(cc32)OCO4)cc1. The summed E-state index contributed by atoms with van der Waals surface area (Å²) in [5, 5.41) is 6.05. The lowest BCUT2D eigenvalue weighted by atomic mass is 9.81. The van der Waals surface area contributed by atoms with Gasteiger partial charge in [-0.2, -0.15) is 0 Å². The van der Waals surface area contributed by atoms with E-state index in [9.17, 15) is 9.59 Å². The minimum atomic E-state index is -0.322. The first-order valence-electron chi connectivity index (χ1n) is 8.58. The summed E-state index contributed by atoms with van der Waals surface area (Å²) in [6.45, 7) is 1.87. The van der Waals surface area contributed by atoms with E-state index in [-0.39, 0.29) is 31.2 Å². The molecule has 3 aliphatic heterocycles. The smallest absolute Gasteiger partial charge is 0.337 e. The van der Waals surface area contributed by atoms with Gasteiger partial charge < -0.3 is 24.8 Å². The minimum absolute atomic E-state index is 0.132. The Kier molecular flexibility index (Phi) is 3.36. The second-order valence-electron chi connectivity index (χ2n) is 6.62. The number of nitrogens with one attached hydrogen (secondary N) is 2. The Bertz CT molecular complexity index is 1010. The van der Waals surface area contributed by atoms with Gasteiger partial charge in [0, 0.05) is 30.3 Å². The Morgan fingerprint density at radius 3 is 2.59 bits per heavy atom. The van der Waals surface area contributed by atoms with Gasteiger partial charge in [0.05, 0.1) is 11.3 Å². The normalized spacial score (nSPS) is 19.1. The van der Waals surface area contributed by atoms with E-state index in [1.807, 2.05) is 36.4 Å². The number of cyclic esters (lactones) is 1. The monoisotopic (exact) mass is 364 g/mol. The first-order chi connectivity index (χ1) is 13.1. The Morgan fingerprint density at radius 1 is 1.11 bits per heavy atom. The minimum Gasteiger partial charge on any atom is -0.456 e. The van der Waals surface area contributed by atoms with Crippen LogP contribution in [0.2, 0.25) is 0 Å². The number of benzene rings is 2. The highest BCUT2D eigenvalue weighted by Crippen LogP contribution is 2.48. The van der Waals surface area contributed by atoms with Crippen molar-refractivity contribution in [2.45, 2.75) is 12.8 Å². The summed E-state index contributed by atoms with van der Waals surface area (Å²) < 4.78 is 16.3. The van der Waals surface area contributed by atoms with Crippen molar-refractivity contribution >= 4 is 23.3 Å². The van der Waals surface area contributed by atoms with E-state index in [2.05, 4.69) is 10.6 Å². The van der Waals surface area contributed by atoms with E-state index in [1.165, 1.54) is 6.92 Å². The van der Waals surface area contributed by atoms with E-state index in [0.717, 1.165) is 22.5 Å². The molecule has 0 unspecified atom stereocenters. The Labute approximate surface area is 154 Å². The summed E-state index contributed by atoms with van der Waals surface area (Å²) in [7, 11) is 0. The van der Waals surface area contributed by atoms with E-state index in [0.29, 0.717) is 22.8 Å². The van der Waals surface area contributed by atoms with Gasteiger partial charge in [-0.3, -0.25) is 4.79 Å². The fraction of sp³-hybridized carbons (Fsp3) is 0.200. The van der Waals surface area contributed by atoms with Gasteiger partial charge >= 0.3 is 5.97 Å². The molecule has 5 rings (SSSR count). The van der Waals surface area contributed by atoms with Crippen molar-refractivity contribution in [2.75, 3.05) is 24.0 Å². The van der Waals surface area contributed by atoms with E-state index < -0.39 is 0 Å². The summed E-state index contributed by atoms with van der Waals surface area (Å²) >= 11 is 0. The fourth-order valence-electron chi connectivity index (χ4n) is 3.74. The standard InChI is InChI=1S/C20H16N2O5/c1-10(23)21-12-4-2-11(3-5-12)18-13-6-16-17(27-9-26-16)7-14(13)22-15-8-25-20(24)19(15)18/h2-7,18,22H,8-9H2,1H3,(H,21,23)/t18-/m1/s1. The maximum absolute atomic E-state index is 12.4. The third kappa shape index (κ3) is 2.51. The number of hydrogen-bond acceptors (Lipinski definition) is 6. The van der Waals surface area contributed by atoms with Crippen LogP contribution in [0.3, 0.4) is 0 Å². The number of anilines is 2. The van der Waals surface area contributed by atoms with Gasteiger partial charge in [-0.15, -0.1) is 0 Å². The maximum atomic E-state index is 12.4. The van der Waals surface area contributed by atoms with Crippen LogP contribution in [-0.2, 0) is 14.3 Å². The third-order valence-corrected chi connectivity index (χ3v) is 4.89. The predicted octanol–water partition coefficient (Wildman–Crippen LogP) is 2.74. The van der Waals surface area contributed by atoms with Crippen molar-refractivity contribution < 1.29 is 23.8 Å². The predicted molar refractivity (Wildman–Crippen MR) is 96.8 cm³/mol. The van der Waals surface area contributed by atoms with Crippen LogP contribution < -0.4 is 20.1 Å². The summed E-state index contributed by atoms with van der Waals surface area (Å²) in [4.78, 5) is 23.7. The number of carbonyl (C=O) groups excluding carboxylic acids is 2. The van der Waals surface area contributed by atoms with Crippen LogP contribution in [0.5, 0.6) is 11.5 Å². The van der Waals surface area contributed by atoms with Crippen LogP contribution in [0, 0.1) is 0 Å². The molecule has 136 valence electrons. The van der Waals surface area contributed by atoms with Crippen molar-refractivity contribution in [1.82, 2.24) is 0 Å². The van der Waals surface area contributed by atoms with Crippen molar-refractivity contribution in [3.8, 4) is 11.5 Å². The second kappa shape index (κ2) is 5.77. The number of esters is 1. The van der Waals surface area contributed by atoms with Crippen LogP contribution in [0.4, 0.5) is 11.4 Å². The average Bonchev–Trinajstić information content (AvgIpc) is 3.25. The molecule has 0 fully saturated rings. The van der Waals surface area contributed by atoms with Crippen LogP contribution in [-0.4, -0.2) is 25.3 Å². The van der Waals surface area contributed by atoms with Crippen molar-refractivity contribution in [3.05, 3.63) is 58.8 Å². The molecule has 7 heteroatoms. The highest BCUT2D eigenvalue weighted by atomic mass is 16.7. The lowest BCUT2D eigenvalue weighted by Crippen LogP contribution is -2.20. The number of rotatable bonds is 2. The first kappa shape index (κ1) is 15.7. The number of hydrogen-bond donors (Lipinski definition) is 2. The molecule has 0 aromatic heterocycles. The molecular formula is C20H16N2O5. The fourth-order valence-corrected chi connectivity index (χ4v) is 3.74. The molecular weight excluding hydrogens is 348 g/mol. The van der Waals surface area contributed by atoms with Crippen LogP contribution >= 0.6 is 0 Å². The van der Waals surface area contributed by atoms with Crippen molar-refractivity contribution in [2.24, 2.45) is 0 Å². The number of ether oxygens (including phenoxy) is 3. The van der Waals surface area contributed by atoms with Crippen molar-refractivity contribution in [3.63, 3.8) is 0 Å².